The first-order chi connectivity index (χ1) is 8.19. The van der Waals surface area contributed by atoms with E-state index in [4.69, 9.17) is 0 Å². The molecule has 2 rings (SSSR count). The Hall–Kier alpha value is -1.02. The highest BCUT2D eigenvalue weighted by Crippen LogP contribution is 2.34. The molecule has 1 heterocycles. The van der Waals surface area contributed by atoms with Gasteiger partial charge in [0.25, 0.3) is 0 Å². The third kappa shape index (κ3) is 2.19. The minimum atomic E-state index is 0.311. The molecule has 1 fully saturated rings. The maximum Gasteiger partial charge on any atom is 0.0479 e. The highest BCUT2D eigenvalue weighted by atomic mass is 16.3. The topological polar surface area (TPSA) is 23.5 Å². The van der Waals surface area contributed by atoms with Gasteiger partial charge in [-0.3, -0.25) is 0 Å². The van der Waals surface area contributed by atoms with Crippen LogP contribution in [-0.4, -0.2) is 24.3 Å². The number of aliphatic hydroxyl groups excluding tert-OH is 1. The Bertz CT molecular complexity index is 389. The van der Waals surface area contributed by atoms with E-state index in [1.54, 1.807) is 0 Å². The third-order valence-corrected chi connectivity index (χ3v) is 4.14. The van der Waals surface area contributed by atoms with Crippen molar-refractivity contribution in [3.8, 4) is 0 Å². The fourth-order valence-corrected chi connectivity index (χ4v) is 2.98. The van der Waals surface area contributed by atoms with Crippen molar-refractivity contribution in [1.29, 1.82) is 0 Å². The van der Waals surface area contributed by atoms with E-state index in [2.05, 4.69) is 43.9 Å². The molecule has 2 heteroatoms. The molecule has 1 aliphatic rings. The predicted octanol–water partition coefficient (Wildman–Crippen LogP) is 2.76. The summed E-state index contributed by atoms with van der Waals surface area (Å²) in [4.78, 5) is 2.48. The van der Waals surface area contributed by atoms with E-state index in [0.29, 0.717) is 18.6 Å². The van der Waals surface area contributed by atoms with Crippen LogP contribution in [0.2, 0.25) is 0 Å². The van der Waals surface area contributed by atoms with Crippen molar-refractivity contribution >= 4 is 5.69 Å². The van der Waals surface area contributed by atoms with Gasteiger partial charge in [0.05, 0.1) is 0 Å². The van der Waals surface area contributed by atoms with Crippen LogP contribution in [0, 0.1) is 12.8 Å². The zero-order valence-corrected chi connectivity index (χ0v) is 11.1. The zero-order chi connectivity index (χ0) is 12.4. The van der Waals surface area contributed by atoms with Crippen molar-refractivity contribution in [1.82, 2.24) is 0 Å². The number of aryl methyl sites for hydroxylation is 2. The Kier molecular flexibility index (Phi) is 3.72. The number of anilines is 1. The first kappa shape index (κ1) is 12.4. The average Bonchev–Trinajstić information content (AvgIpc) is 2.70. The minimum absolute atomic E-state index is 0.311. The van der Waals surface area contributed by atoms with E-state index >= 15 is 0 Å². The molecule has 2 nitrogen and oxygen atoms in total. The summed E-state index contributed by atoms with van der Waals surface area (Å²) in [6, 6.07) is 7.00. The lowest BCUT2D eigenvalue weighted by molar-refractivity contribution is 0.221. The molecule has 0 saturated carbocycles. The molecule has 1 aromatic carbocycles. The number of para-hydroxylation sites is 1. The minimum Gasteiger partial charge on any atom is -0.396 e. The number of aliphatic hydroxyl groups is 1. The van der Waals surface area contributed by atoms with Gasteiger partial charge < -0.3 is 10.0 Å². The Morgan fingerprint density at radius 2 is 2.18 bits per heavy atom. The van der Waals surface area contributed by atoms with Gasteiger partial charge in [0.15, 0.2) is 0 Å². The van der Waals surface area contributed by atoms with Crippen LogP contribution in [0.15, 0.2) is 18.2 Å². The zero-order valence-electron chi connectivity index (χ0n) is 11.1. The normalized spacial score (nSPS) is 24.4. The second kappa shape index (κ2) is 5.09. The average molecular weight is 233 g/mol. The van der Waals surface area contributed by atoms with Crippen molar-refractivity contribution in [2.24, 2.45) is 5.92 Å². The van der Waals surface area contributed by atoms with Crippen LogP contribution in [0.1, 0.15) is 31.4 Å². The summed E-state index contributed by atoms with van der Waals surface area (Å²) in [5, 5.41) is 9.37. The highest BCUT2D eigenvalue weighted by molar-refractivity contribution is 5.60. The van der Waals surface area contributed by atoms with E-state index < -0.39 is 0 Å². The van der Waals surface area contributed by atoms with Crippen LogP contribution >= 0.6 is 0 Å². The molecule has 0 amide bonds. The number of hydrogen-bond acceptors (Lipinski definition) is 2. The van der Waals surface area contributed by atoms with E-state index in [9.17, 15) is 5.11 Å². The maximum absolute atomic E-state index is 9.37. The van der Waals surface area contributed by atoms with Gasteiger partial charge >= 0.3 is 0 Å². The van der Waals surface area contributed by atoms with Crippen LogP contribution in [0.4, 0.5) is 5.69 Å². The summed E-state index contributed by atoms with van der Waals surface area (Å²) < 4.78 is 0. The summed E-state index contributed by atoms with van der Waals surface area (Å²) in [5.41, 5.74) is 4.18. The SMILES string of the molecule is CCc1cccc(C)c1N1CCC(CO)C1C. The molecule has 2 atom stereocenters. The maximum atomic E-state index is 9.37. The molecule has 1 aromatic rings. The highest BCUT2D eigenvalue weighted by Gasteiger charge is 2.31. The van der Waals surface area contributed by atoms with Gasteiger partial charge in [0, 0.05) is 30.8 Å². The van der Waals surface area contributed by atoms with Crippen LogP contribution in [0.3, 0.4) is 0 Å². The Morgan fingerprint density at radius 3 is 2.76 bits per heavy atom. The molecule has 17 heavy (non-hydrogen) atoms. The second-order valence-corrected chi connectivity index (χ2v) is 5.10. The summed E-state index contributed by atoms with van der Waals surface area (Å²) in [6.45, 7) is 8.02. The molecule has 0 aliphatic carbocycles. The van der Waals surface area contributed by atoms with Crippen molar-refractivity contribution < 1.29 is 5.11 Å². The standard InChI is InChI=1S/C15H23NO/c1-4-13-7-5-6-11(2)15(13)16-9-8-14(10-17)12(16)3/h5-7,12,14,17H,4,8-10H2,1-3H3. The molecule has 2 unspecified atom stereocenters. The van der Waals surface area contributed by atoms with Crippen molar-refractivity contribution in [3.63, 3.8) is 0 Å². The molecule has 0 spiro atoms. The Labute approximate surface area is 104 Å². The van der Waals surface area contributed by atoms with Crippen LogP contribution in [0.5, 0.6) is 0 Å². The largest absolute Gasteiger partial charge is 0.396 e. The van der Waals surface area contributed by atoms with Gasteiger partial charge in [-0.15, -0.1) is 0 Å². The van der Waals surface area contributed by atoms with Gasteiger partial charge in [-0.1, -0.05) is 25.1 Å². The Balaban J connectivity index is 2.34. The summed E-state index contributed by atoms with van der Waals surface area (Å²) >= 11 is 0. The second-order valence-electron chi connectivity index (χ2n) is 5.10. The number of nitrogens with zero attached hydrogens (tertiary/aromatic N) is 1. The van der Waals surface area contributed by atoms with E-state index in [-0.39, 0.29) is 0 Å². The van der Waals surface area contributed by atoms with Gasteiger partial charge in [-0.2, -0.15) is 0 Å². The van der Waals surface area contributed by atoms with Crippen LogP contribution in [0.25, 0.3) is 0 Å². The van der Waals surface area contributed by atoms with Crippen molar-refractivity contribution in [2.75, 3.05) is 18.1 Å². The van der Waals surface area contributed by atoms with Crippen molar-refractivity contribution in [3.05, 3.63) is 29.3 Å². The quantitative estimate of drug-likeness (QED) is 0.867. The first-order valence-electron chi connectivity index (χ1n) is 6.65. The monoisotopic (exact) mass is 233 g/mol. The number of benzene rings is 1. The first-order valence-corrected chi connectivity index (χ1v) is 6.65. The lowest BCUT2D eigenvalue weighted by Crippen LogP contribution is -2.32. The molecule has 1 saturated heterocycles. The molecule has 94 valence electrons. The summed E-state index contributed by atoms with van der Waals surface area (Å²) in [7, 11) is 0. The summed E-state index contributed by atoms with van der Waals surface area (Å²) in [6.07, 6.45) is 2.18. The van der Waals surface area contributed by atoms with Gasteiger partial charge in [0.1, 0.15) is 0 Å². The molecule has 0 aromatic heterocycles. The molecular formula is C15H23NO. The van der Waals surface area contributed by atoms with E-state index in [0.717, 1.165) is 19.4 Å². The van der Waals surface area contributed by atoms with Gasteiger partial charge in [-0.05, 0) is 37.8 Å². The number of hydrogen-bond donors (Lipinski definition) is 1. The third-order valence-electron chi connectivity index (χ3n) is 4.14. The molecule has 0 bridgehead atoms. The number of rotatable bonds is 3. The lowest BCUT2D eigenvalue weighted by atomic mass is 10.0. The molecular weight excluding hydrogens is 210 g/mol. The van der Waals surface area contributed by atoms with Gasteiger partial charge in [0.2, 0.25) is 0 Å². The van der Waals surface area contributed by atoms with Crippen LogP contribution < -0.4 is 4.90 Å². The molecule has 0 radical (unpaired) electrons. The van der Waals surface area contributed by atoms with E-state index in [1.165, 1.54) is 16.8 Å². The molecule has 1 aliphatic heterocycles. The summed E-state index contributed by atoms with van der Waals surface area (Å²) in [5.74, 6) is 0.430. The fourth-order valence-electron chi connectivity index (χ4n) is 2.98. The van der Waals surface area contributed by atoms with Crippen LogP contribution in [-0.2, 0) is 6.42 Å². The predicted molar refractivity (Wildman–Crippen MR) is 72.6 cm³/mol. The van der Waals surface area contributed by atoms with Crippen molar-refractivity contribution in [2.45, 2.75) is 39.7 Å². The fraction of sp³-hybridized carbons (Fsp3) is 0.600. The van der Waals surface area contributed by atoms with Gasteiger partial charge in [-0.25, -0.2) is 0 Å². The molecule has 1 N–H and O–H groups in total. The Morgan fingerprint density at radius 1 is 1.41 bits per heavy atom. The van der Waals surface area contributed by atoms with E-state index in [1.807, 2.05) is 0 Å². The smallest absolute Gasteiger partial charge is 0.0479 e. The lowest BCUT2D eigenvalue weighted by Gasteiger charge is -2.29.